The predicted octanol–water partition coefficient (Wildman–Crippen LogP) is 2.88. The smallest absolute Gasteiger partial charge is 0.243 e. The molecule has 1 saturated heterocycles. The highest BCUT2D eigenvalue weighted by Gasteiger charge is 2.38. The minimum absolute atomic E-state index is 0.213. The molecule has 7 nitrogen and oxygen atoms in total. The Labute approximate surface area is 177 Å². The van der Waals surface area contributed by atoms with Crippen LogP contribution < -0.4 is 14.8 Å². The quantitative estimate of drug-likeness (QED) is 0.789. The molecular weight excluding hydrogens is 404 g/mol. The van der Waals surface area contributed by atoms with E-state index in [4.69, 9.17) is 9.47 Å². The van der Waals surface area contributed by atoms with E-state index in [-0.39, 0.29) is 16.8 Å². The minimum Gasteiger partial charge on any atom is -0.486 e. The van der Waals surface area contributed by atoms with Crippen LogP contribution >= 0.6 is 0 Å². The number of benzene rings is 2. The molecule has 2 aromatic rings. The average Bonchev–Trinajstić information content (AvgIpc) is 2.79. The molecule has 0 radical (unpaired) electrons. The van der Waals surface area contributed by atoms with Gasteiger partial charge < -0.3 is 14.8 Å². The summed E-state index contributed by atoms with van der Waals surface area (Å²) in [5.41, 5.74) is 0.876. The zero-order chi connectivity index (χ0) is 21.1. The maximum absolute atomic E-state index is 13.1. The zero-order valence-electron chi connectivity index (χ0n) is 16.9. The molecule has 2 aromatic carbocycles. The number of carbonyl (C=O) groups excluding carboxylic acids is 1. The average molecular weight is 431 g/mol. The Bertz CT molecular complexity index is 1010. The van der Waals surface area contributed by atoms with E-state index >= 15 is 0 Å². The molecule has 0 aliphatic carbocycles. The third-order valence-electron chi connectivity index (χ3n) is 5.53. The molecule has 8 heteroatoms. The Hall–Kier alpha value is -2.58. The predicted molar refractivity (Wildman–Crippen MR) is 112 cm³/mol. The molecule has 2 heterocycles. The summed E-state index contributed by atoms with van der Waals surface area (Å²) in [5.74, 6) is 1.07. The summed E-state index contributed by atoms with van der Waals surface area (Å²) >= 11 is 0. The molecule has 4 rings (SSSR count). The van der Waals surface area contributed by atoms with Crippen LogP contribution in [0.25, 0.3) is 0 Å². The molecule has 0 saturated carbocycles. The van der Waals surface area contributed by atoms with Crippen LogP contribution in [0.3, 0.4) is 0 Å². The van der Waals surface area contributed by atoms with E-state index in [1.807, 2.05) is 25.1 Å². The number of hydrogen-bond acceptors (Lipinski definition) is 5. The Morgan fingerprint density at radius 3 is 2.57 bits per heavy atom. The largest absolute Gasteiger partial charge is 0.486 e. The highest BCUT2D eigenvalue weighted by atomic mass is 32.2. The van der Waals surface area contributed by atoms with Gasteiger partial charge in [-0.25, -0.2) is 8.42 Å². The van der Waals surface area contributed by atoms with E-state index in [9.17, 15) is 13.2 Å². The molecule has 1 N–H and O–H groups in total. The summed E-state index contributed by atoms with van der Waals surface area (Å²) in [4.78, 5) is 13.3. The summed E-state index contributed by atoms with van der Waals surface area (Å²) in [6, 6.07) is 12.9. The van der Waals surface area contributed by atoms with Crippen LogP contribution in [0, 0.1) is 0 Å². The van der Waals surface area contributed by atoms with Crippen molar-refractivity contribution in [3.05, 3.63) is 54.1 Å². The van der Waals surface area contributed by atoms with Crippen LogP contribution in [-0.2, 0) is 14.8 Å². The molecule has 30 heavy (non-hydrogen) atoms. The van der Waals surface area contributed by atoms with Crippen LogP contribution in [0.1, 0.15) is 37.8 Å². The summed E-state index contributed by atoms with van der Waals surface area (Å²) in [7, 11) is -3.73. The number of nitrogens with one attached hydrogen (secondary N) is 1. The van der Waals surface area contributed by atoms with Crippen LogP contribution in [-0.4, -0.2) is 44.4 Å². The lowest BCUT2D eigenvalue weighted by atomic mass is 10.0. The molecule has 160 valence electrons. The van der Waals surface area contributed by atoms with Crippen LogP contribution in [0.5, 0.6) is 11.5 Å². The van der Waals surface area contributed by atoms with Crippen LogP contribution in [0.15, 0.2) is 53.4 Å². The molecule has 2 aliphatic heterocycles. The summed E-state index contributed by atoms with van der Waals surface area (Å²) in [6.07, 6.45) is 2.07. The van der Waals surface area contributed by atoms with E-state index in [1.54, 1.807) is 30.3 Å². The maximum Gasteiger partial charge on any atom is 0.243 e. The second-order valence-electron chi connectivity index (χ2n) is 7.57. The molecule has 0 unspecified atom stereocenters. The molecule has 0 spiro atoms. The molecule has 2 aliphatic rings. The Kier molecular flexibility index (Phi) is 5.97. The van der Waals surface area contributed by atoms with Gasteiger partial charge in [-0.3, -0.25) is 4.79 Å². The third-order valence-corrected chi connectivity index (χ3v) is 7.45. The fourth-order valence-electron chi connectivity index (χ4n) is 3.90. The summed E-state index contributed by atoms with van der Waals surface area (Å²) < 4.78 is 38.8. The number of rotatable bonds is 5. The fraction of sp³-hybridized carbons (Fsp3) is 0.409. The van der Waals surface area contributed by atoms with Crippen molar-refractivity contribution in [2.24, 2.45) is 0 Å². The van der Waals surface area contributed by atoms with Crippen molar-refractivity contribution in [3.63, 3.8) is 0 Å². The molecule has 1 fully saturated rings. The Balaban J connectivity index is 1.51. The number of nitrogens with zero attached hydrogens (tertiary/aromatic N) is 1. The molecular formula is C22H26N2O5S. The first kappa shape index (κ1) is 20.7. The van der Waals surface area contributed by atoms with E-state index in [0.717, 1.165) is 18.4 Å². The number of amides is 1. The highest BCUT2D eigenvalue weighted by Crippen LogP contribution is 2.33. The number of fused-ring (bicyclic) bond motifs is 1. The van der Waals surface area contributed by atoms with Gasteiger partial charge in [0.05, 0.1) is 10.9 Å². The first-order valence-electron chi connectivity index (χ1n) is 10.2. The second-order valence-corrected chi connectivity index (χ2v) is 9.46. The lowest BCUT2D eigenvalue weighted by Crippen LogP contribution is -2.52. The van der Waals surface area contributed by atoms with Gasteiger partial charge in [0.15, 0.2) is 11.5 Å². The third kappa shape index (κ3) is 4.15. The van der Waals surface area contributed by atoms with E-state index < -0.39 is 16.1 Å². The minimum atomic E-state index is -3.73. The molecule has 1 amide bonds. The maximum atomic E-state index is 13.1. The van der Waals surface area contributed by atoms with Gasteiger partial charge in [-0.1, -0.05) is 30.7 Å². The number of hydrogen-bond donors (Lipinski definition) is 1. The summed E-state index contributed by atoms with van der Waals surface area (Å²) in [5, 5.41) is 2.98. The van der Waals surface area contributed by atoms with Gasteiger partial charge in [-0.05, 0) is 49.6 Å². The van der Waals surface area contributed by atoms with E-state index in [0.29, 0.717) is 37.7 Å². The number of sulfonamides is 1. The number of carbonyl (C=O) groups is 1. The van der Waals surface area contributed by atoms with Gasteiger partial charge >= 0.3 is 0 Å². The second kappa shape index (κ2) is 8.65. The Morgan fingerprint density at radius 2 is 1.80 bits per heavy atom. The molecule has 2 atom stereocenters. The van der Waals surface area contributed by atoms with Crippen molar-refractivity contribution < 1.29 is 22.7 Å². The number of ether oxygens (including phenoxy) is 2. The van der Waals surface area contributed by atoms with Gasteiger partial charge in [0.2, 0.25) is 15.9 Å². The Morgan fingerprint density at radius 1 is 1.07 bits per heavy atom. The van der Waals surface area contributed by atoms with Crippen molar-refractivity contribution in [2.45, 2.75) is 43.2 Å². The van der Waals surface area contributed by atoms with Gasteiger partial charge in [-0.2, -0.15) is 4.31 Å². The van der Waals surface area contributed by atoms with Crippen molar-refractivity contribution in [1.82, 2.24) is 9.62 Å². The van der Waals surface area contributed by atoms with Crippen molar-refractivity contribution in [3.8, 4) is 11.5 Å². The first-order valence-corrected chi connectivity index (χ1v) is 11.7. The SMILES string of the molecule is C[C@@H](NC(=O)[C@@H]1CCCCN1S(=O)(=O)c1ccccc1)c1ccc2c(c1)OCCO2. The van der Waals surface area contributed by atoms with E-state index in [1.165, 1.54) is 4.31 Å². The van der Waals surface area contributed by atoms with Crippen molar-refractivity contribution >= 4 is 15.9 Å². The topological polar surface area (TPSA) is 84.9 Å². The van der Waals surface area contributed by atoms with Gasteiger partial charge in [-0.15, -0.1) is 0 Å². The summed E-state index contributed by atoms with van der Waals surface area (Å²) in [6.45, 7) is 3.23. The van der Waals surface area contributed by atoms with Crippen LogP contribution in [0.2, 0.25) is 0 Å². The van der Waals surface area contributed by atoms with Gasteiger partial charge in [0, 0.05) is 6.54 Å². The molecule has 0 aromatic heterocycles. The van der Waals surface area contributed by atoms with Gasteiger partial charge in [0.1, 0.15) is 19.3 Å². The normalized spacial score (nSPS) is 20.4. The lowest BCUT2D eigenvalue weighted by molar-refractivity contribution is -0.126. The monoisotopic (exact) mass is 430 g/mol. The van der Waals surface area contributed by atoms with Gasteiger partial charge in [0.25, 0.3) is 0 Å². The number of piperidine rings is 1. The molecule has 0 bridgehead atoms. The highest BCUT2D eigenvalue weighted by molar-refractivity contribution is 7.89. The standard InChI is InChI=1S/C22H26N2O5S/c1-16(17-10-11-20-21(15-17)29-14-13-28-20)23-22(25)19-9-5-6-12-24(19)30(26,27)18-7-3-2-4-8-18/h2-4,7-8,10-11,15-16,19H,5-6,9,12-14H2,1H3,(H,23,25)/t16-,19+/m1/s1. The lowest BCUT2D eigenvalue weighted by Gasteiger charge is -2.34. The van der Waals surface area contributed by atoms with E-state index in [2.05, 4.69) is 5.32 Å². The van der Waals surface area contributed by atoms with Crippen molar-refractivity contribution in [2.75, 3.05) is 19.8 Å². The van der Waals surface area contributed by atoms with Crippen LogP contribution in [0.4, 0.5) is 0 Å². The first-order chi connectivity index (χ1) is 14.5. The van der Waals surface area contributed by atoms with Crippen molar-refractivity contribution in [1.29, 1.82) is 0 Å². The fourth-order valence-corrected chi connectivity index (χ4v) is 5.58. The zero-order valence-corrected chi connectivity index (χ0v) is 17.7.